The summed E-state index contributed by atoms with van der Waals surface area (Å²) in [6.45, 7) is 5.93. The zero-order chi connectivity index (χ0) is 14.4. The number of anilines is 1. The average Bonchev–Trinajstić information content (AvgIpc) is 2.85. The quantitative estimate of drug-likeness (QED) is 0.870. The summed E-state index contributed by atoms with van der Waals surface area (Å²) in [5.74, 6) is 0.930. The molecule has 0 radical (unpaired) electrons. The van der Waals surface area contributed by atoms with Crippen LogP contribution in [-0.4, -0.2) is 47.8 Å². The van der Waals surface area contributed by atoms with Crippen molar-refractivity contribution < 1.29 is 19.2 Å². The molecule has 19 heavy (non-hydrogen) atoms. The van der Waals surface area contributed by atoms with Gasteiger partial charge in [-0.1, -0.05) is 25.9 Å². The summed E-state index contributed by atoms with van der Waals surface area (Å²) in [4.78, 5) is 14.5. The zero-order valence-corrected chi connectivity index (χ0v) is 11.7. The van der Waals surface area contributed by atoms with Crippen LogP contribution in [0.3, 0.4) is 0 Å². The Morgan fingerprint density at radius 1 is 1.47 bits per heavy atom. The number of urea groups is 1. The molecule has 0 spiro atoms. The number of amides is 2. The van der Waals surface area contributed by atoms with E-state index in [9.17, 15) is 9.90 Å². The third-order valence-electron chi connectivity index (χ3n) is 3.13. The smallest absolute Gasteiger partial charge is 0.330 e. The molecule has 7 heteroatoms. The Hall–Kier alpha value is -1.60. The van der Waals surface area contributed by atoms with Crippen molar-refractivity contribution >= 4 is 11.8 Å². The van der Waals surface area contributed by atoms with E-state index in [1.165, 1.54) is 12.0 Å². The highest BCUT2D eigenvalue weighted by Crippen LogP contribution is 2.30. The Bertz CT molecular complexity index is 480. The molecule has 0 bridgehead atoms. The van der Waals surface area contributed by atoms with E-state index in [0.29, 0.717) is 5.76 Å². The molecule has 1 saturated heterocycles. The van der Waals surface area contributed by atoms with Crippen LogP contribution in [0.15, 0.2) is 10.6 Å². The molecule has 2 atom stereocenters. The molecule has 2 amide bonds. The number of carbonyl (C=O) groups excluding carboxylic acids is 1. The first-order chi connectivity index (χ1) is 8.77. The summed E-state index contributed by atoms with van der Waals surface area (Å²) in [5.41, 5.74) is -0.217. The number of aliphatic hydroxyl groups is 1. The lowest BCUT2D eigenvalue weighted by molar-refractivity contribution is -0.0491. The van der Waals surface area contributed by atoms with Gasteiger partial charge in [0.25, 0.3) is 0 Å². The van der Waals surface area contributed by atoms with E-state index in [4.69, 9.17) is 9.26 Å². The van der Waals surface area contributed by atoms with Crippen LogP contribution in [0.2, 0.25) is 0 Å². The van der Waals surface area contributed by atoms with Crippen molar-refractivity contribution in [1.29, 1.82) is 0 Å². The standard InChI is InChI=1S/C12H19N3O4/c1-12(2,3)7-6-8(13-19-7)15-9(16)10(18-5)14(4)11(15)17/h6,9-10,16H,1-5H3/t9?,10-/m1/s1. The maximum Gasteiger partial charge on any atom is 0.330 e. The molecule has 1 aromatic heterocycles. The molecular weight excluding hydrogens is 250 g/mol. The predicted octanol–water partition coefficient (Wildman–Crippen LogP) is 1.13. The highest BCUT2D eigenvalue weighted by Gasteiger charge is 2.45. The molecule has 0 aliphatic carbocycles. The SMILES string of the molecule is CO[C@@H]1C(O)N(c2cc(C(C)(C)C)on2)C(=O)N1C. The molecule has 1 fully saturated rings. The van der Waals surface area contributed by atoms with Gasteiger partial charge in [-0.3, -0.25) is 4.90 Å². The lowest BCUT2D eigenvalue weighted by Crippen LogP contribution is -2.37. The molecule has 1 aliphatic heterocycles. The molecule has 2 heterocycles. The van der Waals surface area contributed by atoms with Crippen LogP contribution in [0.5, 0.6) is 0 Å². The van der Waals surface area contributed by atoms with Gasteiger partial charge in [-0.25, -0.2) is 9.69 Å². The highest BCUT2D eigenvalue weighted by molar-refractivity contribution is 5.93. The van der Waals surface area contributed by atoms with Gasteiger partial charge in [-0.2, -0.15) is 0 Å². The van der Waals surface area contributed by atoms with Crippen molar-refractivity contribution in [3.8, 4) is 0 Å². The maximum atomic E-state index is 12.1. The largest absolute Gasteiger partial charge is 0.369 e. The third kappa shape index (κ3) is 2.19. The molecule has 1 N–H and O–H groups in total. The number of methoxy groups -OCH3 is 1. The van der Waals surface area contributed by atoms with Crippen LogP contribution in [0, 0.1) is 0 Å². The number of aromatic nitrogens is 1. The van der Waals surface area contributed by atoms with Gasteiger partial charge in [0, 0.05) is 25.6 Å². The fourth-order valence-electron chi connectivity index (χ4n) is 1.97. The summed E-state index contributed by atoms with van der Waals surface area (Å²) in [6.07, 6.45) is -1.83. The second-order valence-corrected chi connectivity index (χ2v) is 5.60. The van der Waals surface area contributed by atoms with Gasteiger partial charge in [0.2, 0.25) is 0 Å². The molecule has 1 aliphatic rings. The Labute approximate surface area is 111 Å². The van der Waals surface area contributed by atoms with Crippen LogP contribution in [0.25, 0.3) is 0 Å². The van der Waals surface area contributed by atoms with E-state index in [0.717, 1.165) is 4.90 Å². The minimum Gasteiger partial charge on any atom is -0.369 e. The van der Waals surface area contributed by atoms with Crippen molar-refractivity contribution in [2.24, 2.45) is 0 Å². The average molecular weight is 269 g/mol. The number of likely N-dealkylation sites (N-methyl/N-ethyl adjacent to an activating group) is 1. The number of nitrogens with zero attached hydrogens (tertiary/aromatic N) is 3. The van der Waals surface area contributed by atoms with E-state index >= 15 is 0 Å². The summed E-state index contributed by atoms with van der Waals surface area (Å²) < 4.78 is 10.3. The van der Waals surface area contributed by atoms with Gasteiger partial charge in [-0.05, 0) is 0 Å². The number of hydrogen-bond acceptors (Lipinski definition) is 5. The number of hydrogen-bond donors (Lipinski definition) is 1. The monoisotopic (exact) mass is 269 g/mol. The normalized spacial score (nSPS) is 24.4. The second kappa shape index (κ2) is 4.50. The molecule has 1 aromatic rings. The van der Waals surface area contributed by atoms with Crippen LogP contribution in [0.4, 0.5) is 10.6 Å². The van der Waals surface area contributed by atoms with E-state index in [-0.39, 0.29) is 17.3 Å². The minimum absolute atomic E-state index is 0.217. The third-order valence-corrected chi connectivity index (χ3v) is 3.13. The van der Waals surface area contributed by atoms with Crippen LogP contribution in [-0.2, 0) is 10.2 Å². The summed E-state index contributed by atoms with van der Waals surface area (Å²) in [6, 6.07) is 1.28. The van der Waals surface area contributed by atoms with Crippen molar-refractivity contribution in [3.05, 3.63) is 11.8 Å². The van der Waals surface area contributed by atoms with Gasteiger partial charge >= 0.3 is 6.03 Å². The molecule has 2 rings (SSSR count). The zero-order valence-electron chi connectivity index (χ0n) is 11.7. The number of rotatable bonds is 2. The second-order valence-electron chi connectivity index (χ2n) is 5.60. The van der Waals surface area contributed by atoms with E-state index < -0.39 is 12.5 Å². The molecular formula is C12H19N3O4. The lowest BCUT2D eigenvalue weighted by atomic mass is 9.93. The first-order valence-corrected chi connectivity index (χ1v) is 6.01. The van der Waals surface area contributed by atoms with E-state index in [1.54, 1.807) is 13.1 Å². The van der Waals surface area contributed by atoms with Gasteiger partial charge in [0.1, 0.15) is 5.76 Å². The molecule has 7 nitrogen and oxygen atoms in total. The molecule has 0 saturated carbocycles. The van der Waals surface area contributed by atoms with Crippen molar-refractivity contribution in [3.63, 3.8) is 0 Å². The van der Waals surface area contributed by atoms with Gasteiger partial charge in [-0.15, -0.1) is 0 Å². The predicted molar refractivity (Wildman–Crippen MR) is 67.6 cm³/mol. The first kappa shape index (κ1) is 13.8. The van der Waals surface area contributed by atoms with Crippen LogP contribution < -0.4 is 4.90 Å². The summed E-state index contributed by atoms with van der Waals surface area (Å²) in [5, 5.41) is 14.0. The maximum absolute atomic E-state index is 12.1. The highest BCUT2D eigenvalue weighted by atomic mass is 16.5. The molecule has 106 valence electrons. The van der Waals surface area contributed by atoms with Crippen LogP contribution >= 0.6 is 0 Å². The summed E-state index contributed by atoms with van der Waals surface area (Å²) >= 11 is 0. The Balaban J connectivity index is 2.32. The Morgan fingerprint density at radius 2 is 2.11 bits per heavy atom. The van der Waals surface area contributed by atoms with Crippen molar-refractivity contribution in [2.75, 3.05) is 19.1 Å². The van der Waals surface area contributed by atoms with Crippen molar-refractivity contribution in [2.45, 2.75) is 38.6 Å². The van der Waals surface area contributed by atoms with E-state index in [1.807, 2.05) is 20.8 Å². The molecule has 0 aromatic carbocycles. The van der Waals surface area contributed by atoms with Crippen LogP contribution in [0.1, 0.15) is 26.5 Å². The molecule has 1 unspecified atom stereocenters. The Morgan fingerprint density at radius 3 is 2.53 bits per heavy atom. The number of aliphatic hydroxyl groups excluding tert-OH is 1. The number of carbonyl (C=O) groups is 1. The first-order valence-electron chi connectivity index (χ1n) is 6.01. The van der Waals surface area contributed by atoms with Crippen molar-refractivity contribution in [1.82, 2.24) is 10.1 Å². The number of ether oxygens (including phenoxy) is 1. The summed E-state index contributed by atoms with van der Waals surface area (Å²) in [7, 11) is 3.00. The fraction of sp³-hybridized carbons (Fsp3) is 0.667. The van der Waals surface area contributed by atoms with Gasteiger partial charge in [0.15, 0.2) is 18.3 Å². The Kier molecular flexibility index (Phi) is 3.27. The van der Waals surface area contributed by atoms with E-state index in [2.05, 4.69) is 5.16 Å². The van der Waals surface area contributed by atoms with Gasteiger partial charge < -0.3 is 14.4 Å². The minimum atomic E-state index is -1.11. The fourth-order valence-corrected chi connectivity index (χ4v) is 1.97. The van der Waals surface area contributed by atoms with Gasteiger partial charge in [0.05, 0.1) is 0 Å². The topological polar surface area (TPSA) is 79.0 Å². The lowest BCUT2D eigenvalue weighted by Gasteiger charge is -2.18.